The van der Waals surface area contributed by atoms with Gasteiger partial charge in [0.25, 0.3) is 0 Å². The number of hydrogen-bond acceptors (Lipinski definition) is 0. The van der Waals surface area contributed by atoms with Crippen LogP contribution in [0.1, 0.15) is 45.2 Å². The number of aryl methyl sites for hydroxylation is 1. The van der Waals surface area contributed by atoms with Crippen molar-refractivity contribution in [2.24, 2.45) is 7.05 Å². The first-order chi connectivity index (χ1) is 15.7. The molecule has 0 saturated carbocycles. The summed E-state index contributed by atoms with van der Waals surface area (Å²) in [5.74, 6) is 0. The molecule has 0 radical (unpaired) electrons. The lowest BCUT2D eigenvalue weighted by molar-refractivity contribution is 1.01. The van der Waals surface area contributed by atoms with E-state index in [0.29, 0.717) is 0 Å². The molecular formula is C31H35N. The molecule has 0 saturated heterocycles. The van der Waals surface area contributed by atoms with Gasteiger partial charge in [0.05, 0.1) is 0 Å². The van der Waals surface area contributed by atoms with Crippen LogP contribution in [-0.4, -0.2) is 4.57 Å². The summed E-state index contributed by atoms with van der Waals surface area (Å²) < 4.78 is 2.24. The molecular weight excluding hydrogens is 386 g/mol. The third kappa shape index (κ3) is 4.78. The maximum absolute atomic E-state index is 2.24. The lowest BCUT2D eigenvalue weighted by atomic mass is 10.1. The van der Waals surface area contributed by atoms with Crippen LogP contribution in [0.4, 0.5) is 0 Å². The fourth-order valence-electron chi connectivity index (χ4n) is 4.20. The second-order valence-corrected chi connectivity index (χ2v) is 7.79. The van der Waals surface area contributed by atoms with Crippen molar-refractivity contribution in [3.05, 3.63) is 108 Å². The number of aromatic nitrogens is 1. The van der Waals surface area contributed by atoms with E-state index in [2.05, 4.69) is 123 Å². The van der Waals surface area contributed by atoms with Gasteiger partial charge in [-0.3, -0.25) is 0 Å². The summed E-state index contributed by atoms with van der Waals surface area (Å²) in [5.41, 5.74) is 8.35. The summed E-state index contributed by atoms with van der Waals surface area (Å²) in [4.78, 5) is 0. The molecule has 0 spiro atoms. The Balaban J connectivity index is 0.000000151. The molecule has 0 bridgehead atoms. The van der Waals surface area contributed by atoms with Gasteiger partial charge in [-0.25, -0.2) is 0 Å². The van der Waals surface area contributed by atoms with E-state index >= 15 is 0 Å². The maximum Gasteiger partial charge on any atom is 0.0488 e. The highest BCUT2D eigenvalue weighted by molar-refractivity contribution is 6.07. The van der Waals surface area contributed by atoms with Crippen LogP contribution in [0, 0.1) is 0 Å². The molecule has 1 heterocycles. The number of para-hydroxylation sites is 2. The van der Waals surface area contributed by atoms with Crippen LogP contribution in [0.3, 0.4) is 0 Å². The van der Waals surface area contributed by atoms with Crippen LogP contribution >= 0.6 is 0 Å². The van der Waals surface area contributed by atoms with E-state index in [1.807, 2.05) is 13.8 Å². The molecule has 0 N–H and O–H groups in total. The highest BCUT2D eigenvalue weighted by Crippen LogP contribution is 2.35. The minimum Gasteiger partial charge on any atom is -0.344 e. The number of hydrogen-bond donors (Lipinski definition) is 0. The second-order valence-electron chi connectivity index (χ2n) is 7.79. The zero-order chi connectivity index (χ0) is 22.9. The Hall–Kier alpha value is -3.32. The zero-order valence-electron chi connectivity index (χ0n) is 20.1. The lowest BCUT2D eigenvalue weighted by Gasteiger charge is -1.98. The standard InChI is InChI=1S/C13H11N.C13H10.C3H8.C2H6/c1-14-12-8-4-2-6-10(12)11-7-3-5-9-13(11)14;1-3-7-12-10(5-1)9-11-6-2-4-8-13(11)12;1-3-2;1-2/h2-9H,1H3;1-8H,9H2;3H2,1-2H3;1-2H3. The molecule has 32 heavy (non-hydrogen) atoms. The molecule has 0 aliphatic heterocycles. The minimum absolute atomic E-state index is 1.10. The van der Waals surface area contributed by atoms with Crippen molar-refractivity contribution in [3.8, 4) is 11.1 Å². The Morgan fingerprint density at radius 1 is 0.562 bits per heavy atom. The summed E-state index contributed by atoms with van der Waals surface area (Å²) in [7, 11) is 2.12. The average Bonchev–Trinajstić information content (AvgIpc) is 3.38. The van der Waals surface area contributed by atoms with E-state index in [0.717, 1.165) is 6.42 Å². The van der Waals surface area contributed by atoms with E-state index in [9.17, 15) is 0 Å². The molecule has 0 atom stereocenters. The molecule has 0 fully saturated rings. The summed E-state index contributed by atoms with van der Waals surface area (Å²) >= 11 is 0. The molecule has 6 rings (SSSR count). The van der Waals surface area contributed by atoms with E-state index in [4.69, 9.17) is 0 Å². The van der Waals surface area contributed by atoms with Crippen molar-refractivity contribution in [1.82, 2.24) is 4.57 Å². The summed E-state index contributed by atoms with van der Waals surface area (Å²) in [6, 6.07) is 34.3. The predicted octanol–water partition coefficient (Wildman–Crippen LogP) is 9.03. The smallest absolute Gasteiger partial charge is 0.0488 e. The van der Waals surface area contributed by atoms with Crippen LogP contribution in [0.15, 0.2) is 97.1 Å². The van der Waals surface area contributed by atoms with Crippen LogP contribution in [0.2, 0.25) is 0 Å². The first-order valence-electron chi connectivity index (χ1n) is 11.8. The van der Waals surface area contributed by atoms with Crippen molar-refractivity contribution in [1.29, 1.82) is 0 Å². The van der Waals surface area contributed by atoms with Gasteiger partial charge in [0.1, 0.15) is 0 Å². The SMILES string of the molecule is CC.CCC.Cn1c2ccccc2c2ccccc21.c1ccc2c(c1)Cc1ccccc1-2. The van der Waals surface area contributed by atoms with Crippen LogP contribution in [0.5, 0.6) is 0 Å². The zero-order valence-corrected chi connectivity index (χ0v) is 20.1. The van der Waals surface area contributed by atoms with E-state index in [1.165, 1.54) is 50.5 Å². The Labute approximate surface area is 193 Å². The number of fused-ring (bicyclic) bond motifs is 6. The average molecular weight is 422 g/mol. The van der Waals surface area contributed by atoms with Gasteiger partial charge in [-0.05, 0) is 40.8 Å². The first-order valence-corrected chi connectivity index (χ1v) is 11.8. The van der Waals surface area contributed by atoms with Crippen LogP contribution in [0.25, 0.3) is 32.9 Å². The number of nitrogens with zero attached hydrogens (tertiary/aromatic N) is 1. The molecule has 0 unspecified atom stereocenters. The fourth-order valence-corrected chi connectivity index (χ4v) is 4.20. The molecule has 1 aliphatic carbocycles. The van der Waals surface area contributed by atoms with Gasteiger partial charge in [0, 0.05) is 28.9 Å². The van der Waals surface area contributed by atoms with Gasteiger partial charge in [0.2, 0.25) is 0 Å². The van der Waals surface area contributed by atoms with E-state index in [-0.39, 0.29) is 0 Å². The molecule has 0 amide bonds. The van der Waals surface area contributed by atoms with Gasteiger partial charge in [-0.15, -0.1) is 0 Å². The Morgan fingerprint density at radius 3 is 1.34 bits per heavy atom. The topological polar surface area (TPSA) is 4.93 Å². The Bertz CT molecular complexity index is 1180. The van der Waals surface area contributed by atoms with Gasteiger partial charge in [-0.2, -0.15) is 0 Å². The Kier molecular flexibility index (Phi) is 8.27. The number of benzene rings is 4. The van der Waals surface area contributed by atoms with Gasteiger partial charge in [0.15, 0.2) is 0 Å². The maximum atomic E-state index is 2.24. The highest BCUT2D eigenvalue weighted by Gasteiger charge is 2.15. The van der Waals surface area contributed by atoms with Crippen molar-refractivity contribution in [2.75, 3.05) is 0 Å². The molecule has 1 aromatic heterocycles. The van der Waals surface area contributed by atoms with Gasteiger partial charge in [-0.1, -0.05) is 119 Å². The summed E-state index contributed by atoms with van der Waals surface area (Å²) in [6.07, 6.45) is 2.35. The van der Waals surface area contributed by atoms with Crippen molar-refractivity contribution >= 4 is 21.8 Å². The molecule has 4 aromatic carbocycles. The molecule has 5 aromatic rings. The second kappa shape index (κ2) is 11.3. The van der Waals surface area contributed by atoms with Crippen molar-refractivity contribution in [3.63, 3.8) is 0 Å². The van der Waals surface area contributed by atoms with Gasteiger partial charge >= 0.3 is 0 Å². The van der Waals surface area contributed by atoms with Gasteiger partial charge < -0.3 is 4.57 Å². The normalized spacial score (nSPS) is 10.7. The summed E-state index contributed by atoms with van der Waals surface area (Å²) in [6.45, 7) is 8.25. The predicted molar refractivity (Wildman–Crippen MR) is 142 cm³/mol. The first kappa shape index (κ1) is 23.3. The van der Waals surface area contributed by atoms with E-state index in [1.54, 1.807) is 0 Å². The van der Waals surface area contributed by atoms with Crippen LogP contribution < -0.4 is 0 Å². The quantitative estimate of drug-likeness (QED) is 0.230. The molecule has 1 nitrogen and oxygen atoms in total. The molecule has 1 heteroatoms. The Morgan fingerprint density at radius 2 is 0.906 bits per heavy atom. The highest BCUT2D eigenvalue weighted by atomic mass is 14.9. The fraction of sp³-hybridized carbons (Fsp3) is 0.226. The van der Waals surface area contributed by atoms with Crippen LogP contribution in [-0.2, 0) is 13.5 Å². The lowest BCUT2D eigenvalue weighted by Crippen LogP contribution is -1.84. The monoisotopic (exact) mass is 421 g/mol. The third-order valence-corrected chi connectivity index (χ3v) is 5.53. The number of rotatable bonds is 0. The van der Waals surface area contributed by atoms with Crippen molar-refractivity contribution in [2.45, 2.75) is 40.5 Å². The molecule has 1 aliphatic rings. The third-order valence-electron chi connectivity index (χ3n) is 5.53. The minimum atomic E-state index is 1.10. The van der Waals surface area contributed by atoms with Crippen molar-refractivity contribution < 1.29 is 0 Å². The van der Waals surface area contributed by atoms with E-state index < -0.39 is 0 Å². The largest absolute Gasteiger partial charge is 0.344 e. The summed E-state index contributed by atoms with van der Waals surface area (Å²) in [5, 5.41) is 2.68. The molecule has 164 valence electrons.